The maximum absolute atomic E-state index is 5.79. The molecule has 3 rings (SSSR count). The molecule has 2 aromatic heterocycles. The zero-order valence-corrected chi connectivity index (χ0v) is 14.6. The molecule has 0 amide bonds. The monoisotopic (exact) mass is 334 g/mol. The third kappa shape index (κ3) is 4.00. The minimum absolute atomic E-state index is 0.0840. The topological polar surface area (TPSA) is 60.9 Å². The third-order valence-corrected chi connectivity index (χ3v) is 4.31. The lowest BCUT2D eigenvalue weighted by Gasteiger charge is -2.34. The molecule has 23 heavy (non-hydrogen) atoms. The molecule has 2 aromatic rings. The van der Waals surface area contributed by atoms with E-state index in [-0.39, 0.29) is 5.41 Å². The first-order chi connectivity index (χ1) is 10.9. The fourth-order valence-corrected chi connectivity index (χ4v) is 2.78. The molecule has 1 N–H and O–H groups in total. The number of aromatic nitrogens is 4. The standard InChI is InChI=1S/C16H23ClN6/c1-16(2,3)13-10-12(18-19-13)11-22-6-8-23(9-7-22)15-5-4-14(17)20-21-15/h4-5,10H,6-9,11H2,1-3H3,(H,18,19). The summed E-state index contributed by atoms with van der Waals surface area (Å²) in [4.78, 5) is 4.67. The molecule has 0 radical (unpaired) electrons. The van der Waals surface area contributed by atoms with Crippen molar-refractivity contribution in [2.24, 2.45) is 0 Å². The van der Waals surface area contributed by atoms with E-state index in [9.17, 15) is 0 Å². The molecule has 0 bridgehead atoms. The number of nitrogens with one attached hydrogen (secondary N) is 1. The van der Waals surface area contributed by atoms with Crippen molar-refractivity contribution in [2.75, 3.05) is 31.1 Å². The Labute approximate surface area is 141 Å². The van der Waals surface area contributed by atoms with Crippen LogP contribution in [0.15, 0.2) is 18.2 Å². The Morgan fingerprint density at radius 1 is 1.13 bits per heavy atom. The third-order valence-electron chi connectivity index (χ3n) is 4.11. The summed E-state index contributed by atoms with van der Waals surface area (Å²) in [5.41, 5.74) is 2.37. The van der Waals surface area contributed by atoms with Gasteiger partial charge in [-0.05, 0) is 18.2 Å². The molecule has 0 unspecified atom stereocenters. The summed E-state index contributed by atoms with van der Waals surface area (Å²) < 4.78 is 0. The van der Waals surface area contributed by atoms with Gasteiger partial charge in [-0.2, -0.15) is 5.10 Å². The number of halogens is 1. The van der Waals surface area contributed by atoms with E-state index in [0.717, 1.165) is 44.2 Å². The number of nitrogens with zero attached hydrogens (tertiary/aromatic N) is 5. The largest absolute Gasteiger partial charge is 0.353 e. The van der Waals surface area contributed by atoms with Crippen LogP contribution in [0.4, 0.5) is 5.82 Å². The van der Waals surface area contributed by atoms with Crippen molar-refractivity contribution in [1.29, 1.82) is 0 Å². The number of hydrogen-bond donors (Lipinski definition) is 1. The van der Waals surface area contributed by atoms with Gasteiger partial charge in [0.25, 0.3) is 0 Å². The lowest BCUT2D eigenvalue weighted by Crippen LogP contribution is -2.46. The lowest BCUT2D eigenvalue weighted by atomic mass is 9.92. The molecular formula is C16H23ClN6. The average molecular weight is 335 g/mol. The van der Waals surface area contributed by atoms with E-state index in [1.807, 2.05) is 6.07 Å². The zero-order chi connectivity index (χ0) is 16.4. The van der Waals surface area contributed by atoms with Crippen LogP contribution >= 0.6 is 11.6 Å². The summed E-state index contributed by atoms with van der Waals surface area (Å²) in [6, 6.07) is 5.89. The Morgan fingerprint density at radius 3 is 2.43 bits per heavy atom. The summed E-state index contributed by atoms with van der Waals surface area (Å²) in [7, 11) is 0. The van der Waals surface area contributed by atoms with E-state index in [1.54, 1.807) is 6.07 Å². The highest BCUT2D eigenvalue weighted by Crippen LogP contribution is 2.21. The molecule has 124 valence electrons. The summed E-state index contributed by atoms with van der Waals surface area (Å²) in [5.74, 6) is 0.894. The Kier molecular flexibility index (Phi) is 4.55. The van der Waals surface area contributed by atoms with Gasteiger partial charge in [0.15, 0.2) is 11.0 Å². The minimum atomic E-state index is 0.0840. The van der Waals surface area contributed by atoms with Gasteiger partial charge in [0.05, 0.1) is 5.69 Å². The van der Waals surface area contributed by atoms with Crippen molar-refractivity contribution in [2.45, 2.75) is 32.7 Å². The second-order valence-corrected chi connectivity index (χ2v) is 7.39. The fraction of sp³-hybridized carbons (Fsp3) is 0.562. The number of rotatable bonds is 3. The van der Waals surface area contributed by atoms with Gasteiger partial charge < -0.3 is 4.90 Å². The Balaban J connectivity index is 1.55. The molecule has 6 nitrogen and oxygen atoms in total. The molecular weight excluding hydrogens is 312 g/mol. The van der Waals surface area contributed by atoms with Crippen molar-refractivity contribution < 1.29 is 0 Å². The average Bonchev–Trinajstić information content (AvgIpc) is 2.98. The van der Waals surface area contributed by atoms with Crippen LogP contribution < -0.4 is 4.90 Å². The van der Waals surface area contributed by atoms with Gasteiger partial charge in [-0.15, -0.1) is 10.2 Å². The molecule has 1 aliphatic rings. The van der Waals surface area contributed by atoms with Crippen LogP contribution in [0.1, 0.15) is 32.2 Å². The number of H-pyrrole nitrogens is 1. The molecule has 0 saturated carbocycles. The molecule has 3 heterocycles. The van der Waals surface area contributed by atoms with Gasteiger partial charge in [-0.1, -0.05) is 32.4 Å². The number of anilines is 1. The van der Waals surface area contributed by atoms with Crippen molar-refractivity contribution in [3.8, 4) is 0 Å². The molecule has 1 fully saturated rings. The van der Waals surface area contributed by atoms with Crippen LogP contribution in [0, 0.1) is 0 Å². The SMILES string of the molecule is CC(C)(C)c1cc(CN2CCN(c3ccc(Cl)nn3)CC2)[nH]n1. The molecule has 1 aliphatic heterocycles. The summed E-state index contributed by atoms with van der Waals surface area (Å²) in [6.45, 7) is 11.3. The van der Waals surface area contributed by atoms with Crippen LogP contribution in [0.2, 0.25) is 5.15 Å². The number of aromatic amines is 1. The quantitative estimate of drug-likeness (QED) is 0.934. The van der Waals surface area contributed by atoms with Crippen molar-refractivity contribution in [1.82, 2.24) is 25.3 Å². The van der Waals surface area contributed by atoms with Gasteiger partial charge in [-0.3, -0.25) is 10.00 Å². The predicted octanol–water partition coefficient (Wildman–Crippen LogP) is 2.47. The highest BCUT2D eigenvalue weighted by molar-refractivity contribution is 6.29. The van der Waals surface area contributed by atoms with Gasteiger partial charge in [0.2, 0.25) is 0 Å². The van der Waals surface area contributed by atoms with Gasteiger partial charge in [0, 0.05) is 43.8 Å². The normalized spacial score (nSPS) is 16.8. The maximum Gasteiger partial charge on any atom is 0.151 e. The van der Waals surface area contributed by atoms with E-state index in [2.05, 4.69) is 57.0 Å². The molecule has 0 aromatic carbocycles. The highest BCUT2D eigenvalue weighted by Gasteiger charge is 2.21. The van der Waals surface area contributed by atoms with Gasteiger partial charge >= 0.3 is 0 Å². The molecule has 0 atom stereocenters. The summed E-state index contributed by atoms with van der Waals surface area (Å²) in [5, 5.41) is 16.1. The van der Waals surface area contributed by atoms with Crippen LogP contribution in [-0.2, 0) is 12.0 Å². The van der Waals surface area contributed by atoms with Gasteiger partial charge in [0.1, 0.15) is 0 Å². The molecule has 0 aliphatic carbocycles. The maximum atomic E-state index is 5.79. The van der Waals surface area contributed by atoms with Gasteiger partial charge in [-0.25, -0.2) is 0 Å². The highest BCUT2D eigenvalue weighted by atomic mass is 35.5. The van der Waals surface area contributed by atoms with E-state index in [4.69, 9.17) is 11.6 Å². The Bertz CT molecular complexity index is 637. The zero-order valence-electron chi connectivity index (χ0n) is 13.9. The number of hydrogen-bond acceptors (Lipinski definition) is 5. The fourth-order valence-electron chi connectivity index (χ4n) is 2.68. The second-order valence-electron chi connectivity index (χ2n) is 7.01. The summed E-state index contributed by atoms with van der Waals surface area (Å²) >= 11 is 5.79. The Morgan fingerprint density at radius 2 is 1.87 bits per heavy atom. The van der Waals surface area contributed by atoms with E-state index in [1.165, 1.54) is 5.69 Å². The predicted molar refractivity (Wildman–Crippen MR) is 91.8 cm³/mol. The molecule has 0 spiro atoms. The second kappa shape index (κ2) is 6.45. The van der Waals surface area contributed by atoms with Crippen LogP contribution in [-0.4, -0.2) is 51.5 Å². The lowest BCUT2D eigenvalue weighted by molar-refractivity contribution is 0.246. The number of piperazine rings is 1. The summed E-state index contributed by atoms with van der Waals surface area (Å²) in [6.07, 6.45) is 0. The van der Waals surface area contributed by atoms with Crippen LogP contribution in [0.5, 0.6) is 0 Å². The van der Waals surface area contributed by atoms with Crippen LogP contribution in [0.25, 0.3) is 0 Å². The Hall–Kier alpha value is -1.66. The smallest absolute Gasteiger partial charge is 0.151 e. The van der Waals surface area contributed by atoms with E-state index >= 15 is 0 Å². The first kappa shape index (κ1) is 16.2. The van der Waals surface area contributed by atoms with Crippen LogP contribution in [0.3, 0.4) is 0 Å². The first-order valence-electron chi connectivity index (χ1n) is 7.93. The molecule has 7 heteroatoms. The van der Waals surface area contributed by atoms with E-state index in [0.29, 0.717) is 5.15 Å². The minimum Gasteiger partial charge on any atom is -0.353 e. The van der Waals surface area contributed by atoms with Crippen molar-refractivity contribution in [3.05, 3.63) is 34.7 Å². The molecule has 1 saturated heterocycles. The first-order valence-corrected chi connectivity index (χ1v) is 8.31. The van der Waals surface area contributed by atoms with Crippen molar-refractivity contribution >= 4 is 17.4 Å². The van der Waals surface area contributed by atoms with E-state index < -0.39 is 0 Å². The van der Waals surface area contributed by atoms with Crippen molar-refractivity contribution in [3.63, 3.8) is 0 Å².